The second kappa shape index (κ2) is 5.42. The molecule has 0 aromatic heterocycles. The lowest BCUT2D eigenvalue weighted by Gasteiger charge is -2.29. The molecular weight excluding hydrogens is 244 g/mol. The summed E-state index contributed by atoms with van der Waals surface area (Å²) in [7, 11) is -3.47. The minimum Gasteiger partial charge on any atom is -0.392 e. The third kappa shape index (κ3) is 4.35. The van der Waals surface area contributed by atoms with Crippen molar-refractivity contribution in [3.05, 3.63) is 0 Å². The Hall–Kier alpha value is -0.200. The van der Waals surface area contributed by atoms with Crippen molar-refractivity contribution in [3.8, 4) is 0 Å². The van der Waals surface area contributed by atoms with E-state index in [1.54, 1.807) is 6.92 Å². The summed E-state index contributed by atoms with van der Waals surface area (Å²) in [4.78, 5) is 0.0242. The van der Waals surface area contributed by atoms with Crippen molar-refractivity contribution >= 4 is 27.2 Å². The Bertz CT molecular complexity index is 344. The van der Waals surface area contributed by atoms with Gasteiger partial charge in [-0.05, 0) is 18.8 Å². The van der Waals surface area contributed by atoms with Crippen LogP contribution in [0.2, 0.25) is 0 Å². The van der Waals surface area contributed by atoms with E-state index in [0.29, 0.717) is 6.42 Å². The first-order chi connectivity index (χ1) is 7.02. The Balaban J connectivity index is 4.89. The van der Waals surface area contributed by atoms with Gasteiger partial charge in [0.15, 0.2) is 0 Å². The van der Waals surface area contributed by atoms with E-state index < -0.39 is 15.3 Å². The first kappa shape index (κ1) is 15.8. The molecular formula is C10H22N2O2S2. The van der Waals surface area contributed by atoms with Crippen LogP contribution in [0.4, 0.5) is 0 Å². The zero-order chi connectivity index (χ0) is 13.1. The highest BCUT2D eigenvalue weighted by Gasteiger charge is 2.31. The fraction of sp³-hybridized carbons (Fsp3) is 0.900. The maximum Gasteiger partial charge on any atom is 0.221 e. The van der Waals surface area contributed by atoms with E-state index in [2.05, 4.69) is 4.72 Å². The van der Waals surface area contributed by atoms with Gasteiger partial charge in [-0.3, -0.25) is 0 Å². The zero-order valence-corrected chi connectivity index (χ0v) is 12.2. The summed E-state index contributed by atoms with van der Waals surface area (Å²) >= 11 is 4.77. The molecule has 2 unspecified atom stereocenters. The average Bonchev–Trinajstić information content (AvgIpc) is 2.00. The molecule has 0 aliphatic rings. The molecule has 0 saturated carbocycles. The van der Waals surface area contributed by atoms with E-state index in [-0.39, 0.29) is 16.4 Å². The van der Waals surface area contributed by atoms with Crippen LogP contribution in [0.15, 0.2) is 0 Å². The molecule has 0 radical (unpaired) electrons. The Morgan fingerprint density at radius 3 is 2.12 bits per heavy atom. The molecule has 3 N–H and O–H groups in total. The number of hydrogen-bond donors (Lipinski definition) is 2. The van der Waals surface area contributed by atoms with Gasteiger partial charge in [-0.2, -0.15) is 0 Å². The second-order valence-corrected chi connectivity index (χ2v) is 7.42. The van der Waals surface area contributed by atoms with E-state index in [1.807, 2.05) is 27.7 Å². The van der Waals surface area contributed by atoms with Crippen LogP contribution in [0.5, 0.6) is 0 Å². The fourth-order valence-corrected chi connectivity index (χ4v) is 3.38. The number of nitrogens with two attached hydrogens (primary N) is 1. The Labute approximate surface area is 104 Å². The van der Waals surface area contributed by atoms with E-state index in [9.17, 15) is 8.42 Å². The van der Waals surface area contributed by atoms with Gasteiger partial charge in [0, 0.05) is 6.04 Å². The van der Waals surface area contributed by atoms with Crippen molar-refractivity contribution in [1.82, 2.24) is 4.72 Å². The number of thiocarbonyl (C=S) groups is 1. The van der Waals surface area contributed by atoms with Gasteiger partial charge in [0.1, 0.15) is 5.25 Å². The second-order valence-electron chi connectivity index (χ2n) is 5.05. The molecule has 6 heteroatoms. The lowest BCUT2D eigenvalue weighted by atomic mass is 9.89. The molecule has 0 saturated heterocycles. The van der Waals surface area contributed by atoms with Crippen LogP contribution >= 0.6 is 12.2 Å². The lowest BCUT2D eigenvalue weighted by Crippen LogP contribution is -2.48. The van der Waals surface area contributed by atoms with Gasteiger partial charge in [0.2, 0.25) is 10.0 Å². The first-order valence-electron chi connectivity index (χ1n) is 5.32. The Kier molecular flexibility index (Phi) is 5.35. The van der Waals surface area contributed by atoms with Gasteiger partial charge in [-0.15, -0.1) is 0 Å². The monoisotopic (exact) mass is 266 g/mol. The van der Waals surface area contributed by atoms with Crippen molar-refractivity contribution in [1.29, 1.82) is 0 Å². The maximum absolute atomic E-state index is 12.0. The summed E-state index contributed by atoms with van der Waals surface area (Å²) in [5.74, 6) is 0. The van der Waals surface area contributed by atoms with Gasteiger partial charge < -0.3 is 5.73 Å². The quantitative estimate of drug-likeness (QED) is 0.738. The molecule has 2 atom stereocenters. The summed E-state index contributed by atoms with van der Waals surface area (Å²) in [5, 5.41) is -0.785. The lowest BCUT2D eigenvalue weighted by molar-refractivity contribution is 0.317. The molecule has 0 fully saturated rings. The summed E-state index contributed by atoms with van der Waals surface area (Å²) in [5.41, 5.74) is 5.29. The molecule has 0 aromatic carbocycles. The van der Waals surface area contributed by atoms with E-state index in [1.165, 1.54) is 0 Å². The van der Waals surface area contributed by atoms with Crippen molar-refractivity contribution in [2.24, 2.45) is 11.1 Å². The van der Waals surface area contributed by atoms with Gasteiger partial charge >= 0.3 is 0 Å². The normalized spacial score (nSPS) is 16.8. The van der Waals surface area contributed by atoms with Crippen molar-refractivity contribution < 1.29 is 8.42 Å². The molecule has 0 bridgehead atoms. The molecule has 0 heterocycles. The van der Waals surface area contributed by atoms with Crippen LogP contribution < -0.4 is 10.5 Å². The molecule has 4 nitrogen and oxygen atoms in total. The number of rotatable bonds is 5. The highest BCUT2D eigenvalue weighted by molar-refractivity contribution is 7.93. The largest absolute Gasteiger partial charge is 0.392 e. The Morgan fingerprint density at radius 2 is 1.88 bits per heavy atom. The van der Waals surface area contributed by atoms with Gasteiger partial charge in [-0.1, -0.05) is 39.9 Å². The summed E-state index contributed by atoms with van der Waals surface area (Å²) in [6.07, 6.45) is 0.390. The highest BCUT2D eigenvalue weighted by atomic mass is 32.2. The average molecular weight is 266 g/mol. The maximum atomic E-state index is 12.0. The van der Waals surface area contributed by atoms with Crippen LogP contribution in [-0.2, 0) is 10.0 Å². The predicted octanol–water partition coefficient (Wildman–Crippen LogP) is 1.41. The van der Waals surface area contributed by atoms with Crippen molar-refractivity contribution in [2.75, 3.05) is 0 Å². The summed E-state index contributed by atoms with van der Waals surface area (Å²) in [6, 6.07) is -0.166. The molecule has 0 aliphatic heterocycles. The molecule has 16 heavy (non-hydrogen) atoms. The van der Waals surface area contributed by atoms with Crippen LogP contribution in [0, 0.1) is 5.41 Å². The topological polar surface area (TPSA) is 72.2 Å². The smallest absolute Gasteiger partial charge is 0.221 e. The van der Waals surface area contributed by atoms with Crippen LogP contribution in [-0.4, -0.2) is 24.7 Å². The van der Waals surface area contributed by atoms with Crippen LogP contribution in [0.1, 0.15) is 41.0 Å². The number of sulfonamides is 1. The third-order valence-electron chi connectivity index (χ3n) is 2.70. The zero-order valence-electron chi connectivity index (χ0n) is 10.6. The summed E-state index contributed by atoms with van der Waals surface area (Å²) < 4.78 is 26.6. The third-order valence-corrected chi connectivity index (χ3v) is 5.15. The molecule has 0 spiro atoms. The van der Waals surface area contributed by atoms with Crippen LogP contribution in [0.3, 0.4) is 0 Å². The van der Waals surface area contributed by atoms with Crippen LogP contribution in [0.25, 0.3) is 0 Å². The van der Waals surface area contributed by atoms with Crippen molar-refractivity contribution in [3.63, 3.8) is 0 Å². The fourth-order valence-electron chi connectivity index (χ4n) is 1.08. The molecule has 96 valence electrons. The molecule has 0 rings (SSSR count). The van der Waals surface area contributed by atoms with E-state index >= 15 is 0 Å². The number of nitrogens with one attached hydrogen (secondary N) is 1. The summed E-state index contributed by atoms with van der Waals surface area (Å²) in [6.45, 7) is 9.51. The van der Waals surface area contributed by atoms with E-state index in [4.69, 9.17) is 18.0 Å². The molecule has 0 aromatic rings. The predicted molar refractivity (Wildman–Crippen MR) is 71.8 cm³/mol. The minimum absolute atomic E-state index is 0.0242. The first-order valence-corrected chi connectivity index (χ1v) is 7.28. The van der Waals surface area contributed by atoms with Gasteiger partial charge in [-0.25, -0.2) is 13.1 Å². The van der Waals surface area contributed by atoms with Gasteiger partial charge in [0.25, 0.3) is 0 Å². The van der Waals surface area contributed by atoms with E-state index in [0.717, 1.165) is 0 Å². The highest BCUT2D eigenvalue weighted by Crippen LogP contribution is 2.20. The molecule has 0 amide bonds. The Morgan fingerprint density at radius 1 is 1.44 bits per heavy atom. The standard InChI is InChI=1S/C10H22N2O2S2/c1-6-8(9(11)15)16(13,14)12-7(2)10(3,4)5/h7-8,12H,6H2,1-5H3,(H2,11,15). The number of hydrogen-bond acceptors (Lipinski definition) is 3. The van der Waals surface area contributed by atoms with Crippen molar-refractivity contribution in [2.45, 2.75) is 52.3 Å². The molecule has 0 aliphatic carbocycles. The SMILES string of the molecule is CCC(C(N)=S)S(=O)(=O)NC(C)C(C)(C)C. The minimum atomic E-state index is -3.47. The van der Waals surface area contributed by atoms with Gasteiger partial charge in [0.05, 0.1) is 4.99 Å².